The molecule has 0 rings (SSSR count). The van der Waals surface area contributed by atoms with Crippen LogP contribution >= 0.6 is 7.82 Å². The fourth-order valence-corrected chi connectivity index (χ4v) is 7.29. The monoisotopic (exact) mass is 992 g/mol. The molecule has 0 aromatic rings. The number of esters is 2. The Hall–Kier alpha value is -3.85. The van der Waals surface area contributed by atoms with Gasteiger partial charge in [0.15, 0.2) is 6.10 Å². The van der Waals surface area contributed by atoms with Crippen LogP contribution in [0.25, 0.3) is 0 Å². The van der Waals surface area contributed by atoms with Crippen LogP contribution < -0.4 is 4.89 Å². The highest BCUT2D eigenvalue weighted by Gasteiger charge is 2.21. The Morgan fingerprint density at radius 3 is 1.14 bits per heavy atom. The molecule has 10 heteroatoms. The van der Waals surface area contributed by atoms with Crippen LogP contribution in [0.5, 0.6) is 0 Å². The Kier molecular flexibility index (Phi) is 47.3. The molecule has 9 nitrogen and oxygen atoms in total. The number of phosphoric ester groups is 1. The predicted octanol–water partition coefficient (Wildman–Crippen LogP) is 15.9. The Morgan fingerprint density at radius 1 is 0.443 bits per heavy atom. The van der Waals surface area contributed by atoms with Crippen molar-refractivity contribution in [1.29, 1.82) is 0 Å². The average molecular weight is 992 g/mol. The highest BCUT2D eigenvalue weighted by Crippen LogP contribution is 2.38. The Bertz CT molecular complexity index is 1640. The van der Waals surface area contributed by atoms with Crippen molar-refractivity contribution in [2.45, 2.75) is 187 Å². The molecule has 0 spiro atoms. The van der Waals surface area contributed by atoms with Gasteiger partial charge in [0.05, 0.1) is 27.7 Å². The molecule has 2 atom stereocenters. The Morgan fingerprint density at radius 2 is 0.771 bits per heavy atom. The predicted molar refractivity (Wildman–Crippen MR) is 295 cm³/mol. The number of quaternary nitrogens is 1. The maximum absolute atomic E-state index is 12.8. The molecule has 0 aliphatic carbocycles. The normalized spacial score (nSPS) is 14.4. The molecule has 0 radical (unpaired) electrons. The van der Waals surface area contributed by atoms with Crippen molar-refractivity contribution >= 4 is 19.8 Å². The summed E-state index contributed by atoms with van der Waals surface area (Å²) in [6, 6.07) is 0. The van der Waals surface area contributed by atoms with Gasteiger partial charge in [0, 0.05) is 12.8 Å². The van der Waals surface area contributed by atoms with Gasteiger partial charge in [-0.3, -0.25) is 14.2 Å². The van der Waals surface area contributed by atoms with E-state index in [1.165, 1.54) is 12.8 Å². The summed E-state index contributed by atoms with van der Waals surface area (Å²) in [5.41, 5.74) is 0. The van der Waals surface area contributed by atoms with E-state index in [1.54, 1.807) is 0 Å². The molecular weight excluding hydrogens is 894 g/mol. The highest BCUT2D eigenvalue weighted by atomic mass is 31.2. The second-order valence-corrected chi connectivity index (χ2v) is 19.9. The summed E-state index contributed by atoms with van der Waals surface area (Å²) < 4.78 is 34.0. The zero-order valence-electron chi connectivity index (χ0n) is 44.7. The van der Waals surface area contributed by atoms with Crippen molar-refractivity contribution in [3.8, 4) is 0 Å². The number of rotatable bonds is 47. The van der Waals surface area contributed by atoms with Crippen molar-refractivity contribution in [1.82, 2.24) is 0 Å². The summed E-state index contributed by atoms with van der Waals surface area (Å²) in [6.45, 7) is 3.94. The first-order chi connectivity index (χ1) is 34.0. The Balaban J connectivity index is 4.30. The minimum absolute atomic E-state index is 0.0457. The summed E-state index contributed by atoms with van der Waals surface area (Å²) in [7, 11) is 1.12. The van der Waals surface area contributed by atoms with Crippen LogP contribution in [0.4, 0.5) is 0 Å². The third-order valence-corrected chi connectivity index (χ3v) is 11.6. The number of hydrogen-bond acceptors (Lipinski definition) is 8. The molecule has 396 valence electrons. The van der Waals surface area contributed by atoms with E-state index in [-0.39, 0.29) is 26.1 Å². The smallest absolute Gasteiger partial charge is 0.306 e. The van der Waals surface area contributed by atoms with E-state index in [4.69, 9.17) is 18.5 Å². The highest BCUT2D eigenvalue weighted by molar-refractivity contribution is 7.45. The molecule has 2 unspecified atom stereocenters. The topological polar surface area (TPSA) is 111 Å². The van der Waals surface area contributed by atoms with E-state index >= 15 is 0 Å². The number of ether oxygens (including phenoxy) is 2. The molecule has 0 fully saturated rings. The SMILES string of the molecule is CC/C=C\C/C=C\C/C=C\C/C=C\C/C=C\C/C=C\C/C=C\CCCCCCCCCC(=O)OC(COC(=O)CCCCCC/C=C\C/C=C\C/C=C\C/C=C\CC)COP(=O)([O-])OCC[N+](C)(C)C. The van der Waals surface area contributed by atoms with Crippen LogP contribution in [-0.2, 0) is 32.7 Å². The van der Waals surface area contributed by atoms with Crippen LogP contribution in [0, 0.1) is 0 Å². The van der Waals surface area contributed by atoms with Crippen LogP contribution in [-0.4, -0.2) is 70.0 Å². The van der Waals surface area contributed by atoms with E-state index in [0.29, 0.717) is 23.9 Å². The van der Waals surface area contributed by atoms with E-state index in [1.807, 2.05) is 21.1 Å². The molecule has 0 aliphatic heterocycles. The summed E-state index contributed by atoms with van der Waals surface area (Å²) in [6.07, 6.45) is 72.0. The minimum atomic E-state index is -4.65. The average Bonchev–Trinajstić information content (AvgIpc) is 3.32. The molecule has 0 N–H and O–H groups in total. The minimum Gasteiger partial charge on any atom is -0.756 e. The number of carbonyl (C=O) groups is 2. The lowest BCUT2D eigenvalue weighted by molar-refractivity contribution is -0.870. The summed E-state index contributed by atoms with van der Waals surface area (Å²) in [5, 5.41) is 0. The van der Waals surface area contributed by atoms with Crippen molar-refractivity contribution < 1.29 is 42.1 Å². The number of unbranched alkanes of at least 4 members (excludes halogenated alkanes) is 11. The first kappa shape index (κ1) is 66.2. The lowest BCUT2D eigenvalue weighted by Gasteiger charge is -2.28. The molecular formula is C60H98NO8P. The number of likely N-dealkylation sites (N-methyl/N-ethyl adjacent to an activating group) is 1. The van der Waals surface area contributed by atoms with Gasteiger partial charge in [-0.2, -0.15) is 0 Å². The summed E-state index contributed by atoms with van der Waals surface area (Å²) in [5.74, 6) is -0.887. The van der Waals surface area contributed by atoms with Gasteiger partial charge in [-0.25, -0.2) is 0 Å². The van der Waals surface area contributed by atoms with Crippen molar-refractivity contribution in [3.63, 3.8) is 0 Å². The largest absolute Gasteiger partial charge is 0.756 e. The van der Waals surface area contributed by atoms with E-state index < -0.39 is 32.5 Å². The van der Waals surface area contributed by atoms with E-state index in [9.17, 15) is 19.0 Å². The van der Waals surface area contributed by atoms with Crippen molar-refractivity contribution in [3.05, 3.63) is 134 Å². The molecule has 0 saturated heterocycles. The fourth-order valence-electron chi connectivity index (χ4n) is 6.57. The van der Waals surface area contributed by atoms with Gasteiger partial charge in [-0.15, -0.1) is 0 Å². The van der Waals surface area contributed by atoms with Crippen LogP contribution in [0.2, 0.25) is 0 Å². The summed E-state index contributed by atoms with van der Waals surface area (Å²) >= 11 is 0. The van der Waals surface area contributed by atoms with E-state index in [2.05, 4.69) is 148 Å². The molecule has 0 aromatic heterocycles. The van der Waals surface area contributed by atoms with Crippen LogP contribution in [0.3, 0.4) is 0 Å². The standard InChI is InChI=1S/C60H98NO8P/c1-6-8-10-12-14-16-18-20-22-24-25-26-27-28-29-30-31-32-33-34-35-37-39-41-43-45-47-49-51-53-60(63)69-58(57-68-70(64,65)67-55-54-61(3,4)5)56-66-59(62)52-50-48-46-44-42-40-38-36-23-21-19-17-15-13-11-9-7-2/h8-11,14-17,20-23,25-26,28-29,31-32,34-35,38,40,58H,6-7,12-13,18-19,24,27,30,33,36-37,39,41-57H2,1-5H3/b10-8-,11-9-,16-14-,17-15-,22-20-,23-21-,26-25-,29-28-,32-31-,35-34-,40-38-. The van der Waals surface area contributed by atoms with Gasteiger partial charge in [0.1, 0.15) is 19.8 Å². The number of hydrogen-bond donors (Lipinski definition) is 0. The van der Waals surface area contributed by atoms with Gasteiger partial charge < -0.3 is 27.9 Å². The van der Waals surface area contributed by atoms with Crippen molar-refractivity contribution in [2.24, 2.45) is 0 Å². The maximum Gasteiger partial charge on any atom is 0.306 e. The first-order valence-electron chi connectivity index (χ1n) is 26.9. The molecule has 0 aromatic carbocycles. The van der Waals surface area contributed by atoms with Gasteiger partial charge in [0.2, 0.25) is 0 Å². The lowest BCUT2D eigenvalue weighted by atomic mass is 10.1. The number of phosphoric acid groups is 1. The third-order valence-electron chi connectivity index (χ3n) is 10.7. The lowest BCUT2D eigenvalue weighted by Crippen LogP contribution is -2.37. The molecule has 0 saturated carbocycles. The Labute approximate surface area is 428 Å². The number of carbonyl (C=O) groups excluding carboxylic acids is 2. The third kappa shape index (κ3) is 53.5. The van der Waals surface area contributed by atoms with Crippen LogP contribution in [0.15, 0.2) is 134 Å². The molecule has 0 heterocycles. The van der Waals surface area contributed by atoms with Gasteiger partial charge in [-0.05, 0) is 109 Å². The quantitative estimate of drug-likeness (QED) is 0.0195. The maximum atomic E-state index is 12.8. The van der Waals surface area contributed by atoms with Gasteiger partial charge >= 0.3 is 11.9 Å². The molecule has 0 amide bonds. The fraction of sp³-hybridized carbons (Fsp3) is 0.600. The second kappa shape index (κ2) is 50.1. The first-order valence-corrected chi connectivity index (χ1v) is 28.4. The number of nitrogens with zero attached hydrogens (tertiary/aromatic N) is 1. The van der Waals surface area contributed by atoms with Gasteiger partial charge in [0.25, 0.3) is 7.82 Å². The molecule has 0 aliphatic rings. The molecule has 0 bridgehead atoms. The zero-order valence-corrected chi connectivity index (χ0v) is 45.5. The van der Waals surface area contributed by atoms with Crippen molar-refractivity contribution in [2.75, 3.05) is 47.5 Å². The zero-order chi connectivity index (χ0) is 51.3. The summed E-state index contributed by atoms with van der Waals surface area (Å²) in [4.78, 5) is 37.8. The van der Waals surface area contributed by atoms with Crippen LogP contribution in [0.1, 0.15) is 181 Å². The van der Waals surface area contributed by atoms with E-state index in [0.717, 1.165) is 128 Å². The van der Waals surface area contributed by atoms with Gasteiger partial charge in [-0.1, -0.05) is 192 Å². The number of allylic oxidation sites excluding steroid dienone is 22. The molecule has 70 heavy (non-hydrogen) atoms. The second-order valence-electron chi connectivity index (χ2n) is 18.5.